The van der Waals surface area contributed by atoms with E-state index >= 15 is 0 Å². The molecule has 2 aromatic rings. The molecule has 2 aliphatic heterocycles. The third kappa shape index (κ3) is 5.20. The number of sulfonamides is 1. The highest BCUT2D eigenvalue weighted by Gasteiger charge is 2.28. The van der Waals surface area contributed by atoms with Crippen molar-refractivity contribution in [1.29, 1.82) is 0 Å². The number of rotatable bonds is 6. The fraction of sp³-hybridized carbons (Fsp3) is 0.381. The molecule has 1 saturated heterocycles. The van der Waals surface area contributed by atoms with Gasteiger partial charge in [0, 0.05) is 37.2 Å². The fourth-order valence-electron chi connectivity index (χ4n) is 3.66. The number of halogens is 1. The van der Waals surface area contributed by atoms with Crippen molar-refractivity contribution in [3.8, 4) is 11.5 Å². The van der Waals surface area contributed by atoms with Crippen LogP contribution in [0, 0.1) is 0 Å². The Bertz CT molecular complexity index is 1050. The van der Waals surface area contributed by atoms with Gasteiger partial charge in [-0.2, -0.15) is 4.72 Å². The van der Waals surface area contributed by atoms with Crippen LogP contribution < -0.4 is 14.2 Å². The van der Waals surface area contributed by atoms with Crippen molar-refractivity contribution >= 4 is 31.9 Å². The van der Waals surface area contributed by atoms with Gasteiger partial charge in [0.25, 0.3) is 0 Å². The Kier molecular flexibility index (Phi) is 6.52. The number of nitrogens with zero attached hydrogens (tertiary/aromatic N) is 2. The van der Waals surface area contributed by atoms with Crippen LogP contribution in [0.2, 0.25) is 0 Å². The van der Waals surface area contributed by atoms with Crippen LogP contribution in [0.3, 0.4) is 0 Å². The SMILES string of the molecule is C[C@@H](NS(=O)(=O)c1ccc(Br)cc1)C(=O)N1CCN(Cc2ccc3c(c2)OCO3)CC1. The van der Waals surface area contributed by atoms with E-state index in [1.54, 1.807) is 24.0 Å². The largest absolute Gasteiger partial charge is 0.454 e. The van der Waals surface area contributed by atoms with Gasteiger partial charge in [0.15, 0.2) is 11.5 Å². The van der Waals surface area contributed by atoms with Crippen LogP contribution in [0.4, 0.5) is 0 Å². The van der Waals surface area contributed by atoms with E-state index in [0.717, 1.165) is 28.1 Å². The first-order valence-electron chi connectivity index (χ1n) is 9.99. The fourth-order valence-corrected chi connectivity index (χ4v) is 5.12. The van der Waals surface area contributed by atoms with Crippen molar-refractivity contribution in [3.63, 3.8) is 0 Å². The molecule has 0 radical (unpaired) electrons. The molecule has 31 heavy (non-hydrogen) atoms. The van der Waals surface area contributed by atoms with Gasteiger partial charge in [0.1, 0.15) is 0 Å². The van der Waals surface area contributed by atoms with Gasteiger partial charge in [-0.3, -0.25) is 9.69 Å². The Morgan fingerprint density at radius 2 is 1.74 bits per heavy atom. The maximum atomic E-state index is 12.8. The van der Waals surface area contributed by atoms with Crippen LogP contribution in [0.15, 0.2) is 51.8 Å². The van der Waals surface area contributed by atoms with Crippen molar-refractivity contribution in [3.05, 3.63) is 52.5 Å². The molecule has 1 atom stereocenters. The maximum absolute atomic E-state index is 12.8. The standard InChI is InChI=1S/C21H24BrN3O5S/c1-15(23-31(27,28)18-5-3-17(22)4-6-18)21(26)25-10-8-24(9-11-25)13-16-2-7-19-20(12-16)30-14-29-19/h2-7,12,15,23H,8-11,13-14H2,1H3/t15-/m1/s1. The first kappa shape index (κ1) is 22.1. The van der Waals surface area contributed by atoms with Gasteiger partial charge in [-0.25, -0.2) is 8.42 Å². The van der Waals surface area contributed by atoms with Gasteiger partial charge in [0.2, 0.25) is 22.7 Å². The van der Waals surface area contributed by atoms with E-state index in [2.05, 4.69) is 25.6 Å². The normalized spacial score (nSPS) is 17.5. The first-order chi connectivity index (χ1) is 14.8. The second-order valence-corrected chi connectivity index (χ2v) is 10.2. The zero-order valence-corrected chi connectivity index (χ0v) is 19.5. The molecular formula is C21H24BrN3O5S. The average Bonchev–Trinajstić information content (AvgIpc) is 3.22. The predicted octanol–water partition coefficient (Wildman–Crippen LogP) is 2.19. The van der Waals surface area contributed by atoms with Crippen molar-refractivity contribution in [2.75, 3.05) is 33.0 Å². The predicted molar refractivity (Wildman–Crippen MR) is 118 cm³/mol. The molecule has 2 aromatic carbocycles. The first-order valence-corrected chi connectivity index (χ1v) is 12.3. The summed E-state index contributed by atoms with van der Waals surface area (Å²) in [5.74, 6) is 1.31. The minimum Gasteiger partial charge on any atom is -0.454 e. The number of ether oxygens (including phenoxy) is 2. The summed E-state index contributed by atoms with van der Waals surface area (Å²) in [6, 6.07) is 11.4. The molecule has 1 N–H and O–H groups in total. The molecule has 0 unspecified atom stereocenters. The van der Waals surface area contributed by atoms with Crippen molar-refractivity contribution in [2.45, 2.75) is 24.4 Å². The summed E-state index contributed by atoms with van der Waals surface area (Å²) in [5.41, 5.74) is 1.12. The van der Waals surface area contributed by atoms with E-state index in [1.165, 1.54) is 12.1 Å². The third-order valence-corrected chi connectivity index (χ3v) is 7.44. The van der Waals surface area contributed by atoms with Crippen LogP contribution in [0.25, 0.3) is 0 Å². The summed E-state index contributed by atoms with van der Waals surface area (Å²) in [4.78, 5) is 16.9. The van der Waals surface area contributed by atoms with Crippen LogP contribution in [-0.2, 0) is 21.4 Å². The van der Waals surface area contributed by atoms with Gasteiger partial charge in [-0.05, 0) is 48.9 Å². The van der Waals surface area contributed by atoms with Gasteiger partial charge in [-0.15, -0.1) is 0 Å². The lowest BCUT2D eigenvalue weighted by Gasteiger charge is -2.36. The topological polar surface area (TPSA) is 88.2 Å². The molecule has 0 aliphatic carbocycles. The molecule has 2 heterocycles. The molecule has 0 saturated carbocycles. The monoisotopic (exact) mass is 509 g/mol. The number of carbonyl (C=O) groups is 1. The number of carbonyl (C=O) groups excluding carboxylic acids is 1. The van der Waals surface area contributed by atoms with E-state index in [4.69, 9.17) is 9.47 Å². The summed E-state index contributed by atoms with van der Waals surface area (Å²) in [7, 11) is -3.77. The lowest BCUT2D eigenvalue weighted by Crippen LogP contribution is -2.53. The number of hydrogen-bond acceptors (Lipinski definition) is 6. The molecular weight excluding hydrogens is 486 g/mol. The second-order valence-electron chi connectivity index (χ2n) is 7.59. The maximum Gasteiger partial charge on any atom is 0.241 e. The summed E-state index contributed by atoms with van der Waals surface area (Å²) in [6.45, 7) is 5.12. The highest BCUT2D eigenvalue weighted by molar-refractivity contribution is 9.10. The van der Waals surface area contributed by atoms with Crippen molar-refractivity contribution < 1.29 is 22.7 Å². The van der Waals surface area contributed by atoms with E-state index in [1.807, 2.05) is 18.2 Å². The van der Waals surface area contributed by atoms with Crippen LogP contribution in [0.1, 0.15) is 12.5 Å². The van der Waals surface area contributed by atoms with Gasteiger partial charge in [-0.1, -0.05) is 22.0 Å². The Morgan fingerprint density at radius 1 is 1.06 bits per heavy atom. The number of hydrogen-bond donors (Lipinski definition) is 1. The molecule has 1 amide bonds. The quantitative estimate of drug-likeness (QED) is 0.641. The Labute approximate surface area is 190 Å². The Morgan fingerprint density at radius 3 is 2.45 bits per heavy atom. The molecule has 166 valence electrons. The van der Waals surface area contributed by atoms with Crippen LogP contribution in [0.5, 0.6) is 11.5 Å². The number of amides is 1. The molecule has 1 fully saturated rings. The van der Waals surface area contributed by atoms with E-state index in [9.17, 15) is 13.2 Å². The zero-order chi connectivity index (χ0) is 22.0. The van der Waals surface area contributed by atoms with Crippen molar-refractivity contribution in [2.24, 2.45) is 0 Å². The number of nitrogens with one attached hydrogen (secondary N) is 1. The van der Waals surface area contributed by atoms with Crippen LogP contribution in [-0.4, -0.2) is 63.1 Å². The zero-order valence-electron chi connectivity index (χ0n) is 17.1. The molecule has 0 bridgehead atoms. The number of piperazine rings is 1. The van der Waals surface area contributed by atoms with Gasteiger partial charge < -0.3 is 14.4 Å². The number of fused-ring (bicyclic) bond motifs is 1. The summed E-state index contributed by atoms with van der Waals surface area (Å²) < 4.78 is 39.2. The van der Waals surface area contributed by atoms with E-state index in [-0.39, 0.29) is 17.6 Å². The minimum atomic E-state index is -3.77. The molecule has 10 heteroatoms. The Hall–Kier alpha value is -2.14. The molecule has 2 aliphatic rings. The molecule has 0 aromatic heterocycles. The highest BCUT2D eigenvalue weighted by Crippen LogP contribution is 2.32. The summed E-state index contributed by atoms with van der Waals surface area (Å²) in [6.07, 6.45) is 0. The van der Waals surface area contributed by atoms with Crippen LogP contribution >= 0.6 is 15.9 Å². The summed E-state index contributed by atoms with van der Waals surface area (Å²) >= 11 is 3.29. The van der Waals surface area contributed by atoms with E-state index < -0.39 is 16.1 Å². The summed E-state index contributed by atoms with van der Waals surface area (Å²) in [5, 5.41) is 0. The minimum absolute atomic E-state index is 0.129. The van der Waals surface area contributed by atoms with Gasteiger partial charge >= 0.3 is 0 Å². The lowest BCUT2D eigenvalue weighted by atomic mass is 10.1. The van der Waals surface area contributed by atoms with E-state index in [0.29, 0.717) is 26.2 Å². The number of benzene rings is 2. The second kappa shape index (κ2) is 9.15. The third-order valence-electron chi connectivity index (χ3n) is 5.35. The Balaban J connectivity index is 1.30. The lowest BCUT2D eigenvalue weighted by molar-refractivity contribution is -0.134. The highest BCUT2D eigenvalue weighted by atomic mass is 79.9. The van der Waals surface area contributed by atoms with Crippen molar-refractivity contribution in [1.82, 2.24) is 14.5 Å². The molecule has 8 nitrogen and oxygen atoms in total. The molecule has 0 spiro atoms. The molecule has 4 rings (SSSR count). The smallest absolute Gasteiger partial charge is 0.241 e. The average molecular weight is 510 g/mol. The van der Waals surface area contributed by atoms with Gasteiger partial charge in [0.05, 0.1) is 10.9 Å².